The minimum Gasteiger partial charge on any atom is -0.368 e. The fraction of sp³-hybridized carbons (Fsp3) is 0.875. The summed E-state index contributed by atoms with van der Waals surface area (Å²) in [4.78, 5) is 10.5. The van der Waals surface area contributed by atoms with Gasteiger partial charge in [0.25, 0.3) is 0 Å². The van der Waals surface area contributed by atoms with Crippen LogP contribution in [-0.4, -0.2) is 17.5 Å². The molecule has 0 aromatic heterocycles. The molecule has 12 heavy (non-hydrogen) atoms. The second kappa shape index (κ2) is 4.42. The van der Waals surface area contributed by atoms with Crippen molar-refractivity contribution in [1.29, 1.82) is 0 Å². The molecular weight excluding hydrogens is 154 g/mol. The normalized spacial score (nSPS) is 14.3. The van der Waals surface area contributed by atoms with E-state index in [2.05, 4.69) is 0 Å². The molecule has 0 radical (unpaired) electrons. The minimum atomic E-state index is -0.521. The van der Waals surface area contributed by atoms with Gasteiger partial charge in [-0.2, -0.15) is 0 Å². The molecule has 6 N–H and O–H groups in total. The molecule has 0 aliphatic carbocycles. The van der Waals surface area contributed by atoms with Crippen molar-refractivity contribution in [2.45, 2.75) is 44.7 Å². The molecule has 0 bridgehead atoms. The number of hydrogen-bond acceptors (Lipinski definition) is 3. The van der Waals surface area contributed by atoms with Crippen LogP contribution in [0.2, 0.25) is 0 Å². The highest BCUT2D eigenvalue weighted by Gasteiger charge is 2.13. The van der Waals surface area contributed by atoms with Crippen LogP contribution in [0.25, 0.3) is 0 Å². The molecule has 0 aliphatic heterocycles. The lowest BCUT2D eigenvalue weighted by molar-refractivity contribution is -0.119. The third-order valence-corrected chi connectivity index (χ3v) is 1.70. The first-order valence-electron chi connectivity index (χ1n) is 4.17. The van der Waals surface area contributed by atoms with Crippen LogP contribution >= 0.6 is 0 Å². The molecule has 4 heteroatoms. The van der Waals surface area contributed by atoms with Gasteiger partial charge in [0.1, 0.15) is 0 Å². The van der Waals surface area contributed by atoms with E-state index in [0.29, 0.717) is 6.42 Å². The lowest BCUT2D eigenvalue weighted by Crippen LogP contribution is -2.37. The second-order valence-corrected chi connectivity index (χ2v) is 3.89. The number of carbonyl (C=O) groups excluding carboxylic acids is 1. The Balaban J connectivity index is 3.51. The van der Waals surface area contributed by atoms with E-state index < -0.39 is 11.9 Å². The van der Waals surface area contributed by atoms with Gasteiger partial charge in [0.2, 0.25) is 5.91 Å². The lowest BCUT2D eigenvalue weighted by Gasteiger charge is -2.18. The van der Waals surface area contributed by atoms with Crippen LogP contribution in [0.4, 0.5) is 0 Å². The van der Waals surface area contributed by atoms with Gasteiger partial charge >= 0.3 is 0 Å². The van der Waals surface area contributed by atoms with Gasteiger partial charge < -0.3 is 17.2 Å². The summed E-state index contributed by atoms with van der Waals surface area (Å²) >= 11 is 0. The van der Waals surface area contributed by atoms with Gasteiger partial charge in [-0.3, -0.25) is 4.79 Å². The summed E-state index contributed by atoms with van der Waals surface area (Å²) in [5.41, 5.74) is 16.0. The average molecular weight is 173 g/mol. The van der Waals surface area contributed by atoms with Gasteiger partial charge in [-0.1, -0.05) is 0 Å². The van der Waals surface area contributed by atoms with E-state index in [-0.39, 0.29) is 5.54 Å². The lowest BCUT2D eigenvalue weighted by atomic mass is 9.97. The molecule has 0 aromatic carbocycles. The van der Waals surface area contributed by atoms with Crippen LogP contribution in [0.3, 0.4) is 0 Å². The molecule has 0 rings (SSSR count). The Labute approximate surface area is 73.5 Å². The predicted octanol–water partition coefficient (Wildman–Crippen LogP) is -0.293. The topological polar surface area (TPSA) is 95.1 Å². The zero-order chi connectivity index (χ0) is 9.78. The number of carbonyl (C=O) groups is 1. The van der Waals surface area contributed by atoms with E-state index >= 15 is 0 Å². The van der Waals surface area contributed by atoms with Gasteiger partial charge in [-0.25, -0.2) is 0 Å². The zero-order valence-electron chi connectivity index (χ0n) is 7.84. The van der Waals surface area contributed by atoms with Crippen molar-refractivity contribution in [3.05, 3.63) is 0 Å². The van der Waals surface area contributed by atoms with Gasteiger partial charge in [0.05, 0.1) is 6.04 Å². The maximum atomic E-state index is 10.5. The summed E-state index contributed by atoms with van der Waals surface area (Å²) in [7, 11) is 0. The Bertz CT molecular complexity index is 151. The Morgan fingerprint density at radius 1 is 1.50 bits per heavy atom. The molecule has 4 nitrogen and oxygen atoms in total. The quantitative estimate of drug-likeness (QED) is 0.533. The van der Waals surface area contributed by atoms with Crippen molar-refractivity contribution < 1.29 is 4.79 Å². The molecule has 72 valence electrons. The van der Waals surface area contributed by atoms with Crippen molar-refractivity contribution in [3.8, 4) is 0 Å². The van der Waals surface area contributed by atoms with Crippen LogP contribution in [0.1, 0.15) is 33.1 Å². The van der Waals surface area contributed by atoms with E-state index in [1.165, 1.54) is 0 Å². The first-order valence-corrected chi connectivity index (χ1v) is 4.17. The molecule has 0 spiro atoms. The fourth-order valence-corrected chi connectivity index (χ4v) is 0.920. The second-order valence-electron chi connectivity index (χ2n) is 3.89. The zero-order valence-corrected chi connectivity index (χ0v) is 7.84. The summed E-state index contributed by atoms with van der Waals surface area (Å²) < 4.78 is 0. The fourth-order valence-electron chi connectivity index (χ4n) is 0.920. The molecule has 0 saturated carbocycles. The maximum absolute atomic E-state index is 10.5. The monoisotopic (exact) mass is 173 g/mol. The van der Waals surface area contributed by atoms with Crippen LogP contribution < -0.4 is 17.2 Å². The third kappa shape index (κ3) is 6.12. The molecule has 0 aliphatic rings. The Morgan fingerprint density at radius 2 is 2.00 bits per heavy atom. The summed E-state index contributed by atoms with van der Waals surface area (Å²) in [5, 5.41) is 0. The maximum Gasteiger partial charge on any atom is 0.234 e. The molecule has 1 atom stereocenters. The Kier molecular flexibility index (Phi) is 4.20. The van der Waals surface area contributed by atoms with E-state index in [9.17, 15) is 4.79 Å². The number of amides is 1. The summed E-state index contributed by atoms with van der Waals surface area (Å²) in [6, 6.07) is -0.521. The standard InChI is InChI=1S/C8H19N3O/c1-8(2,11)5-3-4-6(9)7(10)12/h6H,3-5,9,11H2,1-2H3,(H2,10,12)/t6-/m1/s1. The number of nitrogens with two attached hydrogens (primary N) is 3. The SMILES string of the molecule is CC(C)(N)CCC[C@@H](N)C(N)=O. The van der Waals surface area contributed by atoms with Crippen molar-refractivity contribution in [2.24, 2.45) is 17.2 Å². The van der Waals surface area contributed by atoms with Crippen LogP contribution in [0, 0.1) is 0 Å². The Hall–Kier alpha value is -0.610. The Morgan fingerprint density at radius 3 is 2.33 bits per heavy atom. The number of primary amides is 1. The molecular formula is C8H19N3O. The summed E-state index contributed by atoms with van der Waals surface area (Å²) in [5.74, 6) is -0.440. The summed E-state index contributed by atoms with van der Waals surface area (Å²) in [6.45, 7) is 3.89. The van der Waals surface area contributed by atoms with Crippen molar-refractivity contribution >= 4 is 5.91 Å². The van der Waals surface area contributed by atoms with Crippen molar-refractivity contribution in [1.82, 2.24) is 0 Å². The first kappa shape index (κ1) is 11.4. The average Bonchev–Trinajstić information content (AvgIpc) is 1.84. The molecule has 0 aromatic rings. The van der Waals surface area contributed by atoms with Gasteiger partial charge in [0, 0.05) is 5.54 Å². The van der Waals surface area contributed by atoms with Crippen LogP contribution in [0.5, 0.6) is 0 Å². The largest absolute Gasteiger partial charge is 0.368 e. The highest BCUT2D eigenvalue weighted by molar-refractivity contribution is 5.79. The highest BCUT2D eigenvalue weighted by atomic mass is 16.1. The molecule has 0 unspecified atom stereocenters. The third-order valence-electron chi connectivity index (χ3n) is 1.70. The number of rotatable bonds is 5. The van der Waals surface area contributed by atoms with Gasteiger partial charge in [0.15, 0.2) is 0 Å². The van der Waals surface area contributed by atoms with Crippen molar-refractivity contribution in [2.75, 3.05) is 0 Å². The van der Waals surface area contributed by atoms with Gasteiger partial charge in [-0.15, -0.1) is 0 Å². The number of hydrogen-bond donors (Lipinski definition) is 3. The van der Waals surface area contributed by atoms with Gasteiger partial charge in [-0.05, 0) is 33.1 Å². The molecule has 0 fully saturated rings. The molecule has 1 amide bonds. The van der Waals surface area contributed by atoms with Crippen LogP contribution in [-0.2, 0) is 4.79 Å². The van der Waals surface area contributed by atoms with E-state index in [1.807, 2.05) is 13.8 Å². The van der Waals surface area contributed by atoms with Crippen LogP contribution in [0.15, 0.2) is 0 Å². The van der Waals surface area contributed by atoms with E-state index in [0.717, 1.165) is 12.8 Å². The highest BCUT2D eigenvalue weighted by Crippen LogP contribution is 2.09. The minimum absolute atomic E-state index is 0.183. The first-order chi connectivity index (χ1) is 5.33. The summed E-state index contributed by atoms with van der Waals surface area (Å²) in [6.07, 6.45) is 2.32. The van der Waals surface area contributed by atoms with Crippen molar-refractivity contribution in [3.63, 3.8) is 0 Å². The van der Waals surface area contributed by atoms with E-state index in [4.69, 9.17) is 17.2 Å². The van der Waals surface area contributed by atoms with E-state index in [1.54, 1.807) is 0 Å². The molecule has 0 saturated heterocycles. The molecule has 0 heterocycles. The smallest absolute Gasteiger partial charge is 0.234 e. The predicted molar refractivity (Wildman–Crippen MR) is 49.3 cm³/mol.